The van der Waals surface area contributed by atoms with Crippen LogP contribution in [0.3, 0.4) is 0 Å². The first-order valence-corrected chi connectivity index (χ1v) is 7.35. The predicted octanol–water partition coefficient (Wildman–Crippen LogP) is 2.52. The van der Waals surface area contributed by atoms with Gasteiger partial charge in [0.15, 0.2) is 0 Å². The largest absolute Gasteiger partial charge is 0.394 e. The van der Waals surface area contributed by atoms with E-state index in [9.17, 15) is 4.79 Å². The van der Waals surface area contributed by atoms with Gasteiger partial charge in [0.1, 0.15) is 0 Å². The van der Waals surface area contributed by atoms with E-state index in [0.29, 0.717) is 31.4 Å². The van der Waals surface area contributed by atoms with Gasteiger partial charge in [-0.3, -0.25) is 4.79 Å². The Balaban J connectivity index is 1.58. The highest BCUT2D eigenvalue weighted by molar-refractivity contribution is 5.40. The third-order valence-electron chi connectivity index (χ3n) is 3.77. The van der Waals surface area contributed by atoms with E-state index in [4.69, 9.17) is 10.5 Å². The Kier molecular flexibility index (Phi) is 4.06. The highest BCUT2D eigenvalue weighted by Gasteiger charge is 2.24. The van der Waals surface area contributed by atoms with Crippen molar-refractivity contribution in [2.45, 2.75) is 31.9 Å². The third kappa shape index (κ3) is 3.52. The van der Waals surface area contributed by atoms with Gasteiger partial charge < -0.3 is 15.0 Å². The molecule has 1 fully saturated rings. The third-order valence-corrected chi connectivity index (χ3v) is 3.77. The molecule has 0 radical (unpaired) electrons. The molecule has 4 heteroatoms. The quantitative estimate of drug-likeness (QED) is 0.829. The van der Waals surface area contributed by atoms with Crippen LogP contribution in [-0.2, 0) is 17.9 Å². The Morgan fingerprint density at radius 1 is 1.24 bits per heavy atom. The van der Waals surface area contributed by atoms with E-state index in [1.54, 1.807) is 4.57 Å². The first-order valence-electron chi connectivity index (χ1n) is 7.35. The van der Waals surface area contributed by atoms with E-state index >= 15 is 0 Å². The molecule has 2 N–H and O–H groups in total. The van der Waals surface area contributed by atoms with Crippen LogP contribution in [0.4, 0.5) is 5.69 Å². The Morgan fingerprint density at radius 3 is 2.71 bits per heavy atom. The fraction of sp³-hybridized carbons (Fsp3) is 0.353. The molecule has 1 aliphatic carbocycles. The van der Waals surface area contributed by atoms with Crippen molar-refractivity contribution in [3.05, 3.63) is 64.1 Å². The molecule has 1 heterocycles. The molecular weight excluding hydrogens is 264 g/mol. The molecule has 0 spiro atoms. The minimum absolute atomic E-state index is 0.122. The number of nitrogen functional groups attached to an aromatic ring is 1. The van der Waals surface area contributed by atoms with Crippen LogP contribution in [0.5, 0.6) is 0 Å². The fourth-order valence-electron chi connectivity index (χ4n) is 2.42. The van der Waals surface area contributed by atoms with Gasteiger partial charge in [0, 0.05) is 12.7 Å². The Hall–Kier alpha value is -2.07. The second-order valence-electron chi connectivity index (χ2n) is 5.54. The molecule has 21 heavy (non-hydrogen) atoms. The lowest BCUT2D eigenvalue weighted by molar-refractivity contribution is 0.112. The smallest absolute Gasteiger partial charge is 0.273 e. The Bertz CT molecular complexity index is 660. The van der Waals surface area contributed by atoms with Gasteiger partial charge in [-0.2, -0.15) is 0 Å². The van der Waals surface area contributed by atoms with E-state index in [2.05, 4.69) is 0 Å². The summed E-state index contributed by atoms with van der Waals surface area (Å²) in [6.45, 7) is 1.60. The molecule has 1 aliphatic rings. The zero-order chi connectivity index (χ0) is 14.7. The number of benzene rings is 1. The maximum absolute atomic E-state index is 12.0. The van der Waals surface area contributed by atoms with Crippen LogP contribution in [-0.4, -0.2) is 11.2 Å². The standard InChI is InChI=1S/C17H20N2O2/c18-16-10-15(14-6-7-14)11-19(17(16)20)8-9-21-12-13-4-2-1-3-5-13/h1-5,10-11,14H,6-9,12,18H2. The van der Waals surface area contributed by atoms with E-state index in [1.807, 2.05) is 42.6 Å². The molecule has 4 nitrogen and oxygen atoms in total. The van der Waals surface area contributed by atoms with Gasteiger partial charge in [0.25, 0.3) is 5.56 Å². The summed E-state index contributed by atoms with van der Waals surface area (Å²) in [6, 6.07) is 11.8. The van der Waals surface area contributed by atoms with Crippen molar-refractivity contribution in [3.63, 3.8) is 0 Å². The van der Waals surface area contributed by atoms with E-state index in [-0.39, 0.29) is 5.56 Å². The van der Waals surface area contributed by atoms with Gasteiger partial charge >= 0.3 is 0 Å². The molecule has 1 aromatic heterocycles. The van der Waals surface area contributed by atoms with Gasteiger partial charge in [-0.25, -0.2) is 0 Å². The summed E-state index contributed by atoms with van der Waals surface area (Å²) in [6.07, 6.45) is 4.33. The number of anilines is 1. The van der Waals surface area contributed by atoms with E-state index in [1.165, 1.54) is 18.4 Å². The van der Waals surface area contributed by atoms with Crippen molar-refractivity contribution < 1.29 is 4.74 Å². The molecule has 0 bridgehead atoms. The zero-order valence-corrected chi connectivity index (χ0v) is 12.0. The predicted molar refractivity (Wildman–Crippen MR) is 83.2 cm³/mol. The van der Waals surface area contributed by atoms with E-state index < -0.39 is 0 Å². The molecule has 110 valence electrons. The summed E-state index contributed by atoms with van der Waals surface area (Å²) in [5, 5.41) is 0. The minimum Gasteiger partial charge on any atom is -0.394 e. The van der Waals surface area contributed by atoms with Crippen LogP contribution in [0.15, 0.2) is 47.4 Å². The van der Waals surface area contributed by atoms with Crippen molar-refractivity contribution in [1.29, 1.82) is 0 Å². The lowest BCUT2D eigenvalue weighted by Gasteiger charge is -2.10. The normalized spacial score (nSPS) is 14.3. The molecule has 0 atom stereocenters. The monoisotopic (exact) mass is 284 g/mol. The summed E-state index contributed by atoms with van der Waals surface area (Å²) in [5.74, 6) is 0.587. The van der Waals surface area contributed by atoms with Crippen LogP contribution in [0.25, 0.3) is 0 Å². The molecule has 1 saturated carbocycles. The first-order chi connectivity index (χ1) is 10.2. The molecule has 0 unspecified atom stereocenters. The Labute approximate surface area is 124 Å². The van der Waals surface area contributed by atoms with Crippen LogP contribution < -0.4 is 11.3 Å². The summed E-state index contributed by atoms with van der Waals surface area (Å²) >= 11 is 0. The SMILES string of the molecule is Nc1cc(C2CC2)cn(CCOCc2ccccc2)c1=O. The number of aromatic nitrogens is 1. The van der Waals surface area contributed by atoms with Gasteiger partial charge in [-0.15, -0.1) is 0 Å². The molecule has 1 aromatic carbocycles. The van der Waals surface area contributed by atoms with Gasteiger partial charge in [-0.05, 0) is 36.0 Å². The van der Waals surface area contributed by atoms with E-state index in [0.717, 1.165) is 5.56 Å². The fourth-order valence-corrected chi connectivity index (χ4v) is 2.42. The minimum atomic E-state index is -0.122. The number of hydrogen-bond acceptors (Lipinski definition) is 3. The second-order valence-corrected chi connectivity index (χ2v) is 5.54. The van der Waals surface area contributed by atoms with Gasteiger partial charge in [0.2, 0.25) is 0 Å². The summed E-state index contributed by atoms with van der Waals surface area (Å²) in [4.78, 5) is 12.0. The van der Waals surface area contributed by atoms with Gasteiger partial charge in [0.05, 0.1) is 18.9 Å². The van der Waals surface area contributed by atoms with Crippen LogP contribution >= 0.6 is 0 Å². The number of nitrogens with two attached hydrogens (primary N) is 1. The van der Waals surface area contributed by atoms with Crippen molar-refractivity contribution in [3.8, 4) is 0 Å². The number of rotatable bonds is 6. The first kappa shape index (κ1) is 13.9. The van der Waals surface area contributed by atoms with Crippen molar-refractivity contribution in [2.75, 3.05) is 12.3 Å². The highest BCUT2D eigenvalue weighted by Crippen LogP contribution is 2.39. The number of pyridine rings is 1. The maximum Gasteiger partial charge on any atom is 0.273 e. The lowest BCUT2D eigenvalue weighted by Crippen LogP contribution is -2.25. The number of nitrogens with zero attached hydrogens (tertiary/aromatic N) is 1. The van der Waals surface area contributed by atoms with Crippen LogP contribution in [0, 0.1) is 0 Å². The molecule has 0 amide bonds. The highest BCUT2D eigenvalue weighted by atomic mass is 16.5. The van der Waals surface area contributed by atoms with Crippen molar-refractivity contribution in [1.82, 2.24) is 4.57 Å². The molecule has 2 aromatic rings. The number of ether oxygens (including phenoxy) is 1. The molecular formula is C17H20N2O2. The summed E-state index contributed by atoms with van der Waals surface area (Å²) < 4.78 is 7.31. The Morgan fingerprint density at radius 2 is 2.00 bits per heavy atom. The summed E-state index contributed by atoms with van der Waals surface area (Å²) in [5.41, 5.74) is 8.33. The average Bonchev–Trinajstić information content (AvgIpc) is 3.33. The van der Waals surface area contributed by atoms with Gasteiger partial charge in [-0.1, -0.05) is 30.3 Å². The van der Waals surface area contributed by atoms with Crippen LogP contribution in [0.2, 0.25) is 0 Å². The maximum atomic E-state index is 12.0. The topological polar surface area (TPSA) is 57.2 Å². The zero-order valence-electron chi connectivity index (χ0n) is 12.0. The van der Waals surface area contributed by atoms with Crippen molar-refractivity contribution >= 4 is 5.69 Å². The second kappa shape index (κ2) is 6.14. The molecule has 3 rings (SSSR count). The number of hydrogen-bond donors (Lipinski definition) is 1. The van der Waals surface area contributed by atoms with Crippen LogP contribution in [0.1, 0.15) is 29.9 Å². The summed E-state index contributed by atoms with van der Waals surface area (Å²) in [7, 11) is 0. The average molecular weight is 284 g/mol. The molecule has 0 saturated heterocycles. The van der Waals surface area contributed by atoms with Crippen molar-refractivity contribution in [2.24, 2.45) is 0 Å². The molecule has 0 aliphatic heterocycles. The lowest BCUT2D eigenvalue weighted by atomic mass is 10.2.